The van der Waals surface area contributed by atoms with Crippen molar-refractivity contribution in [1.29, 1.82) is 0 Å². The highest BCUT2D eigenvalue weighted by atomic mass is 32.1. The Morgan fingerprint density at radius 2 is 1.00 bits per heavy atom. The molecule has 8 fully saturated rings. The minimum atomic E-state index is -0.259. The molecule has 2 spiro atoms. The lowest BCUT2D eigenvalue weighted by Crippen LogP contribution is -2.35. The third kappa shape index (κ3) is 4.84. The largest absolute Gasteiger partial charge is 0.292 e. The minimum absolute atomic E-state index is 0.00533. The second kappa shape index (κ2) is 12.8. The average Bonchev–Trinajstić information content (AvgIpc) is 4.01. The summed E-state index contributed by atoms with van der Waals surface area (Å²) in [6, 6.07) is 2.17. The summed E-state index contributed by atoms with van der Waals surface area (Å²) in [5, 5.41) is 0.800. The quantitative estimate of drug-likeness (QED) is 0.303. The minimum Gasteiger partial charge on any atom is -0.292 e. The molecule has 2 aromatic rings. The standard InChI is InChI=1S/C48H54N2O4S2/c51-41-29-19-25-11-3-4-12-26(25)20-30(29)42(52)39(41)49-35-23-33-37(48(35)17-9-2-10-18-48)46-38(47(33)15-7-1-8-16-47)45-34(55-46)24-36(56-45)50-40-43(53)31-21-27-13-5-6-14-28(27)22-32(31)44(40)54/h23-32H,1-22H2. The molecule has 8 heteroatoms. The molecule has 0 radical (unpaired) electrons. The summed E-state index contributed by atoms with van der Waals surface area (Å²) < 4.78 is 2.51. The predicted molar refractivity (Wildman–Crippen MR) is 223 cm³/mol. The van der Waals surface area contributed by atoms with E-state index in [1.165, 1.54) is 108 Å². The van der Waals surface area contributed by atoms with Gasteiger partial charge in [-0.15, -0.1) is 22.7 Å². The van der Waals surface area contributed by atoms with Crippen molar-refractivity contribution in [3.05, 3.63) is 33.9 Å². The van der Waals surface area contributed by atoms with Crippen molar-refractivity contribution in [3.63, 3.8) is 0 Å². The van der Waals surface area contributed by atoms with E-state index < -0.39 is 0 Å². The molecular weight excluding hydrogens is 733 g/mol. The van der Waals surface area contributed by atoms with Crippen molar-refractivity contribution < 1.29 is 19.2 Å². The number of ketones is 4. The molecule has 12 rings (SSSR count). The maximum absolute atomic E-state index is 14.2. The molecule has 2 heterocycles. The van der Waals surface area contributed by atoms with Crippen LogP contribution in [-0.4, -0.2) is 34.6 Å². The molecule has 8 saturated carbocycles. The number of Topliss-reactive ketones (excluding diaryl/α,β-unsaturated/α-hetero) is 4. The fourth-order valence-electron chi connectivity index (χ4n) is 14.9. The summed E-state index contributed by atoms with van der Waals surface area (Å²) in [4.78, 5) is 67.7. The number of hydrogen-bond acceptors (Lipinski definition) is 8. The number of thiophene rings is 2. The van der Waals surface area contributed by atoms with Gasteiger partial charge < -0.3 is 0 Å². The lowest BCUT2D eigenvalue weighted by Gasteiger charge is -2.39. The molecule has 0 amide bonds. The maximum Gasteiger partial charge on any atom is 0.188 e. The van der Waals surface area contributed by atoms with Crippen molar-refractivity contribution >= 4 is 77.2 Å². The van der Waals surface area contributed by atoms with Crippen LogP contribution < -0.4 is 0 Å². The number of aliphatic imine (C=N–C) groups is 2. The lowest BCUT2D eigenvalue weighted by molar-refractivity contribution is -0.123. The van der Waals surface area contributed by atoms with Gasteiger partial charge in [-0.3, -0.25) is 19.2 Å². The number of nitrogens with zero attached hydrogens (tertiary/aromatic N) is 2. The number of carbonyl (C=O) groups is 4. The molecule has 56 heavy (non-hydrogen) atoms. The van der Waals surface area contributed by atoms with Crippen molar-refractivity contribution in [2.24, 2.45) is 62.7 Å². The highest BCUT2D eigenvalue weighted by Gasteiger charge is 2.59. The summed E-state index contributed by atoms with van der Waals surface area (Å²) in [6.45, 7) is 0. The van der Waals surface area contributed by atoms with E-state index in [1.807, 2.05) is 11.3 Å². The molecular formula is C48H54N2O4S2. The smallest absolute Gasteiger partial charge is 0.188 e. The Labute approximate surface area is 338 Å². The van der Waals surface area contributed by atoms with E-state index in [-0.39, 0.29) is 69.1 Å². The van der Waals surface area contributed by atoms with Gasteiger partial charge in [0.15, 0.2) is 28.8 Å². The van der Waals surface area contributed by atoms with E-state index in [2.05, 4.69) is 12.1 Å². The Balaban J connectivity index is 0.921. The number of rotatable bonds is 2. The molecule has 0 aliphatic heterocycles. The second-order valence-corrected chi connectivity index (χ2v) is 22.1. The number of fused-ring (bicyclic) bond motifs is 11. The summed E-state index contributed by atoms with van der Waals surface area (Å²) in [5.74, 6) is 1.82. The Hall–Kier alpha value is -2.84. The molecule has 0 N–H and O–H groups in total. The molecule has 10 aliphatic rings. The summed E-state index contributed by atoms with van der Waals surface area (Å²) >= 11 is 3.58. The fraction of sp³-hybridized carbons (Fsp3) is 0.667. The molecule has 0 saturated heterocycles. The molecule has 0 bridgehead atoms. The summed E-state index contributed by atoms with van der Waals surface area (Å²) in [5.41, 5.74) is 5.49. The van der Waals surface area contributed by atoms with E-state index in [0.717, 1.165) is 74.9 Å². The van der Waals surface area contributed by atoms with Gasteiger partial charge in [-0.2, -0.15) is 0 Å². The first kappa shape index (κ1) is 35.1. The van der Waals surface area contributed by atoms with Gasteiger partial charge in [0.1, 0.15) is 10.7 Å². The molecule has 292 valence electrons. The Kier molecular flexibility index (Phi) is 8.05. The Bertz CT molecular complexity index is 2170. The number of allylic oxidation sites excluding steroid dienone is 3. The van der Waals surface area contributed by atoms with Crippen LogP contribution >= 0.6 is 22.7 Å². The summed E-state index contributed by atoms with van der Waals surface area (Å²) in [7, 11) is 0. The van der Waals surface area contributed by atoms with Crippen molar-refractivity contribution in [2.75, 3.05) is 0 Å². The predicted octanol–water partition coefficient (Wildman–Crippen LogP) is 11.3. The highest BCUT2D eigenvalue weighted by molar-refractivity contribution is 7.30. The van der Waals surface area contributed by atoms with E-state index in [9.17, 15) is 19.2 Å². The van der Waals surface area contributed by atoms with Gasteiger partial charge in [-0.1, -0.05) is 89.9 Å². The fourth-order valence-corrected chi connectivity index (χ4v) is 17.8. The first-order chi connectivity index (χ1) is 27.3. The molecule has 2 aromatic heterocycles. The monoisotopic (exact) mass is 786 g/mol. The van der Waals surface area contributed by atoms with Crippen molar-refractivity contribution in [3.8, 4) is 0 Å². The Morgan fingerprint density at radius 1 is 0.536 bits per heavy atom. The first-order valence-corrected chi connectivity index (χ1v) is 24.4. The van der Waals surface area contributed by atoms with Crippen LogP contribution in [-0.2, 0) is 24.6 Å². The van der Waals surface area contributed by atoms with E-state index in [0.29, 0.717) is 23.7 Å². The zero-order valence-electron chi connectivity index (χ0n) is 32.7. The zero-order chi connectivity index (χ0) is 37.5. The van der Waals surface area contributed by atoms with Gasteiger partial charge in [0.25, 0.3) is 0 Å². The van der Waals surface area contributed by atoms with E-state index >= 15 is 0 Å². The van der Waals surface area contributed by atoms with Gasteiger partial charge in [-0.05, 0) is 104 Å². The van der Waals surface area contributed by atoms with Crippen LogP contribution in [0.1, 0.15) is 152 Å². The van der Waals surface area contributed by atoms with Crippen LogP contribution in [0.25, 0.3) is 15.0 Å². The van der Waals surface area contributed by atoms with Gasteiger partial charge in [-0.25, -0.2) is 9.98 Å². The highest BCUT2D eigenvalue weighted by Crippen LogP contribution is 2.70. The molecule has 6 nitrogen and oxygen atoms in total. The third-order valence-corrected chi connectivity index (χ3v) is 19.9. The topological polar surface area (TPSA) is 93.0 Å². The summed E-state index contributed by atoms with van der Waals surface area (Å²) in [6.07, 6.45) is 27.0. The van der Waals surface area contributed by atoms with Crippen LogP contribution in [0.4, 0.5) is 5.00 Å². The normalized spacial score (nSPS) is 36.8. The maximum atomic E-state index is 14.2. The zero-order valence-corrected chi connectivity index (χ0v) is 34.3. The molecule has 10 aliphatic carbocycles. The second-order valence-electron chi connectivity index (χ2n) is 20.0. The SMILES string of the molecule is O=C1C(=NC2=CC3=C(c4sc5cc(N=C6C(=O)C7CC8CCCCC8CC7C6=O)sc5c4C34CCCCC4)C23CCCCC3)C(=O)C2CC3CCCCC3CC12. The van der Waals surface area contributed by atoms with Crippen LogP contribution in [0.3, 0.4) is 0 Å². The van der Waals surface area contributed by atoms with Crippen LogP contribution in [0.15, 0.2) is 33.4 Å². The molecule has 8 unspecified atom stereocenters. The number of carbonyl (C=O) groups excluding carboxylic acids is 4. The van der Waals surface area contributed by atoms with Crippen LogP contribution in [0.2, 0.25) is 0 Å². The van der Waals surface area contributed by atoms with E-state index in [4.69, 9.17) is 9.98 Å². The molecule has 0 aromatic carbocycles. The van der Waals surface area contributed by atoms with Crippen molar-refractivity contribution in [2.45, 2.75) is 147 Å². The lowest BCUT2D eigenvalue weighted by atomic mass is 9.64. The van der Waals surface area contributed by atoms with Crippen LogP contribution in [0.5, 0.6) is 0 Å². The van der Waals surface area contributed by atoms with Gasteiger partial charge >= 0.3 is 0 Å². The number of hydrogen-bond donors (Lipinski definition) is 0. The average molecular weight is 787 g/mol. The van der Waals surface area contributed by atoms with Crippen molar-refractivity contribution in [1.82, 2.24) is 0 Å². The Morgan fingerprint density at radius 3 is 1.50 bits per heavy atom. The van der Waals surface area contributed by atoms with Gasteiger partial charge in [0.2, 0.25) is 0 Å². The third-order valence-electron chi connectivity index (χ3n) is 17.6. The first-order valence-electron chi connectivity index (χ1n) is 22.7. The van der Waals surface area contributed by atoms with Crippen LogP contribution in [0, 0.1) is 52.8 Å². The van der Waals surface area contributed by atoms with Gasteiger partial charge in [0.05, 0.1) is 10.4 Å². The molecule has 8 atom stereocenters. The van der Waals surface area contributed by atoms with Gasteiger partial charge in [0, 0.05) is 44.1 Å². The van der Waals surface area contributed by atoms with E-state index in [1.54, 1.807) is 11.3 Å².